The third-order valence-corrected chi connectivity index (χ3v) is 2.34. The number of nitro groups is 1. The maximum atomic E-state index is 11.2. The normalized spacial score (nSPS) is 10.2. The summed E-state index contributed by atoms with van der Waals surface area (Å²) in [6.07, 6.45) is 0. The van der Waals surface area contributed by atoms with Gasteiger partial charge in [0.25, 0.3) is 5.69 Å². The van der Waals surface area contributed by atoms with Crippen molar-refractivity contribution in [3.8, 4) is 0 Å². The van der Waals surface area contributed by atoms with Crippen molar-refractivity contribution in [1.29, 1.82) is 0 Å². The van der Waals surface area contributed by atoms with Crippen LogP contribution >= 0.6 is 0 Å². The van der Waals surface area contributed by atoms with E-state index in [0.717, 1.165) is 0 Å². The molecule has 0 saturated heterocycles. The standard InChI is InChI=1S/C11H8N2O3/c12-11(14)8-5-1-3-7-4-2-6-9(10(7)8)13(15)16/h1-6H,(H2,12,14). The van der Waals surface area contributed by atoms with E-state index in [4.69, 9.17) is 5.73 Å². The second-order valence-corrected chi connectivity index (χ2v) is 3.30. The minimum absolute atomic E-state index is 0.105. The summed E-state index contributed by atoms with van der Waals surface area (Å²) in [6.45, 7) is 0. The average molecular weight is 216 g/mol. The van der Waals surface area contributed by atoms with Crippen molar-refractivity contribution >= 4 is 22.4 Å². The van der Waals surface area contributed by atoms with Gasteiger partial charge in [-0.15, -0.1) is 0 Å². The lowest BCUT2D eigenvalue weighted by Crippen LogP contribution is -2.11. The molecule has 5 nitrogen and oxygen atoms in total. The van der Waals surface area contributed by atoms with Gasteiger partial charge >= 0.3 is 0 Å². The molecule has 0 heterocycles. The number of hydrogen-bond acceptors (Lipinski definition) is 3. The number of non-ortho nitro benzene ring substituents is 1. The molecular weight excluding hydrogens is 208 g/mol. The second-order valence-electron chi connectivity index (χ2n) is 3.30. The Kier molecular flexibility index (Phi) is 2.28. The Morgan fingerprint density at radius 1 is 1.19 bits per heavy atom. The van der Waals surface area contributed by atoms with Gasteiger partial charge < -0.3 is 5.73 Å². The first-order valence-corrected chi connectivity index (χ1v) is 4.57. The van der Waals surface area contributed by atoms with Gasteiger partial charge in [0.05, 0.1) is 15.9 Å². The molecule has 0 aliphatic carbocycles. The highest BCUT2D eigenvalue weighted by Crippen LogP contribution is 2.28. The van der Waals surface area contributed by atoms with Gasteiger partial charge in [0.1, 0.15) is 0 Å². The Balaban J connectivity index is 2.92. The maximum Gasteiger partial charge on any atom is 0.277 e. The molecule has 0 unspecified atom stereocenters. The summed E-state index contributed by atoms with van der Waals surface area (Å²) in [7, 11) is 0. The van der Waals surface area contributed by atoms with Crippen LogP contribution in [0.5, 0.6) is 0 Å². The fourth-order valence-corrected chi connectivity index (χ4v) is 1.68. The Morgan fingerprint density at radius 3 is 2.38 bits per heavy atom. The zero-order chi connectivity index (χ0) is 11.7. The third-order valence-electron chi connectivity index (χ3n) is 2.34. The molecule has 2 N–H and O–H groups in total. The SMILES string of the molecule is NC(=O)c1cccc2cccc([N+](=O)[O-])c12. The lowest BCUT2D eigenvalue weighted by Gasteiger charge is -2.03. The Bertz CT molecular complexity index is 544. The number of rotatable bonds is 2. The van der Waals surface area contributed by atoms with Crippen LogP contribution in [0.1, 0.15) is 10.4 Å². The number of carbonyl (C=O) groups is 1. The summed E-state index contributed by atoms with van der Waals surface area (Å²) < 4.78 is 0. The number of primary amides is 1. The van der Waals surface area contributed by atoms with E-state index in [1.54, 1.807) is 24.3 Å². The van der Waals surface area contributed by atoms with E-state index in [1.165, 1.54) is 12.1 Å². The monoisotopic (exact) mass is 216 g/mol. The van der Waals surface area contributed by atoms with Gasteiger partial charge in [-0.05, 0) is 11.5 Å². The first kappa shape index (κ1) is 10.1. The minimum atomic E-state index is -0.667. The molecule has 2 aromatic rings. The highest BCUT2D eigenvalue weighted by molar-refractivity contribution is 6.09. The number of hydrogen-bond donors (Lipinski definition) is 1. The molecule has 2 aromatic carbocycles. The molecule has 0 spiro atoms. The maximum absolute atomic E-state index is 11.2. The zero-order valence-corrected chi connectivity index (χ0v) is 8.21. The summed E-state index contributed by atoms with van der Waals surface area (Å²) in [5.74, 6) is -0.667. The van der Waals surface area contributed by atoms with Gasteiger partial charge in [0.15, 0.2) is 0 Å². The van der Waals surface area contributed by atoms with E-state index >= 15 is 0 Å². The lowest BCUT2D eigenvalue weighted by molar-refractivity contribution is -0.383. The van der Waals surface area contributed by atoms with Crippen molar-refractivity contribution in [3.63, 3.8) is 0 Å². The van der Waals surface area contributed by atoms with Crippen LogP contribution in [0.3, 0.4) is 0 Å². The van der Waals surface area contributed by atoms with Gasteiger partial charge in [0.2, 0.25) is 5.91 Å². The van der Waals surface area contributed by atoms with Crippen LogP contribution in [0, 0.1) is 10.1 Å². The molecule has 0 saturated carbocycles. The van der Waals surface area contributed by atoms with Crippen molar-refractivity contribution < 1.29 is 9.72 Å². The van der Waals surface area contributed by atoms with E-state index < -0.39 is 10.8 Å². The fourth-order valence-electron chi connectivity index (χ4n) is 1.68. The molecule has 0 radical (unpaired) electrons. The number of nitro benzene ring substituents is 1. The molecule has 0 atom stereocenters. The van der Waals surface area contributed by atoms with Gasteiger partial charge in [-0.25, -0.2) is 0 Å². The minimum Gasteiger partial charge on any atom is -0.366 e. The molecule has 0 aliphatic heterocycles. The zero-order valence-electron chi connectivity index (χ0n) is 8.21. The summed E-state index contributed by atoms with van der Waals surface area (Å²) >= 11 is 0. The molecule has 0 fully saturated rings. The van der Waals surface area contributed by atoms with Crippen LogP contribution in [-0.4, -0.2) is 10.8 Å². The van der Waals surface area contributed by atoms with E-state index in [0.29, 0.717) is 10.8 Å². The summed E-state index contributed by atoms with van der Waals surface area (Å²) in [4.78, 5) is 21.5. The van der Waals surface area contributed by atoms with Gasteiger partial charge in [-0.2, -0.15) is 0 Å². The molecule has 0 aliphatic rings. The molecule has 80 valence electrons. The number of carbonyl (C=O) groups excluding carboxylic acids is 1. The Morgan fingerprint density at radius 2 is 1.81 bits per heavy atom. The summed E-state index contributed by atoms with van der Waals surface area (Å²) in [6, 6.07) is 9.47. The topological polar surface area (TPSA) is 86.2 Å². The molecule has 0 bridgehead atoms. The molecule has 5 heteroatoms. The smallest absolute Gasteiger partial charge is 0.277 e. The quantitative estimate of drug-likeness (QED) is 0.613. The molecule has 0 aromatic heterocycles. The predicted octanol–water partition coefficient (Wildman–Crippen LogP) is 1.85. The van der Waals surface area contributed by atoms with Gasteiger partial charge in [-0.1, -0.05) is 24.3 Å². The summed E-state index contributed by atoms with van der Waals surface area (Å²) in [5.41, 5.74) is 5.25. The van der Waals surface area contributed by atoms with Crippen molar-refractivity contribution in [2.24, 2.45) is 5.73 Å². The van der Waals surface area contributed by atoms with Crippen molar-refractivity contribution in [1.82, 2.24) is 0 Å². The number of nitrogens with zero attached hydrogens (tertiary/aromatic N) is 1. The number of benzene rings is 2. The van der Waals surface area contributed by atoms with E-state index in [9.17, 15) is 14.9 Å². The van der Waals surface area contributed by atoms with Gasteiger partial charge in [0, 0.05) is 6.07 Å². The van der Waals surface area contributed by atoms with Crippen LogP contribution in [0.2, 0.25) is 0 Å². The van der Waals surface area contributed by atoms with E-state index in [1.807, 2.05) is 0 Å². The first-order valence-electron chi connectivity index (χ1n) is 4.57. The summed E-state index contributed by atoms with van der Waals surface area (Å²) in [5, 5.41) is 11.8. The predicted molar refractivity (Wildman–Crippen MR) is 59.1 cm³/mol. The van der Waals surface area contributed by atoms with Crippen LogP contribution in [0.15, 0.2) is 36.4 Å². The highest BCUT2D eigenvalue weighted by Gasteiger charge is 2.16. The Labute approximate surface area is 90.6 Å². The first-order chi connectivity index (χ1) is 7.61. The van der Waals surface area contributed by atoms with Crippen LogP contribution in [-0.2, 0) is 0 Å². The fraction of sp³-hybridized carbons (Fsp3) is 0. The number of fused-ring (bicyclic) bond motifs is 1. The Hall–Kier alpha value is -2.43. The molecule has 2 rings (SSSR count). The molecule has 16 heavy (non-hydrogen) atoms. The van der Waals surface area contributed by atoms with Crippen molar-refractivity contribution in [3.05, 3.63) is 52.1 Å². The van der Waals surface area contributed by atoms with Crippen molar-refractivity contribution in [2.75, 3.05) is 0 Å². The number of amides is 1. The van der Waals surface area contributed by atoms with Crippen LogP contribution < -0.4 is 5.73 Å². The highest BCUT2D eigenvalue weighted by atomic mass is 16.6. The lowest BCUT2D eigenvalue weighted by atomic mass is 10.0. The largest absolute Gasteiger partial charge is 0.366 e. The molecule has 1 amide bonds. The van der Waals surface area contributed by atoms with Crippen molar-refractivity contribution in [2.45, 2.75) is 0 Å². The third kappa shape index (κ3) is 1.48. The number of nitrogens with two attached hydrogens (primary N) is 1. The van der Waals surface area contributed by atoms with Crippen LogP contribution in [0.4, 0.5) is 5.69 Å². The molecular formula is C11H8N2O3. The second kappa shape index (κ2) is 3.62. The average Bonchev–Trinajstić information content (AvgIpc) is 2.27. The van der Waals surface area contributed by atoms with E-state index in [-0.39, 0.29) is 11.3 Å². The van der Waals surface area contributed by atoms with Crippen LogP contribution in [0.25, 0.3) is 10.8 Å². The van der Waals surface area contributed by atoms with Gasteiger partial charge in [-0.3, -0.25) is 14.9 Å². The van der Waals surface area contributed by atoms with E-state index in [2.05, 4.69) is 0 Å².